The minimum absolute atomic E-state index is 0.157. The zero-order valence-corrected chi connectivity index (χ0v) is 24.3. The molecule has 0 heterocycles. The van der Waals surface area contributed by atoms with Gasteiger partial charge in [-0.05, 0) is 77.9 Å². The molecule has 0 unspecified atom stereocenters. The van der Waals surface area contributed by atoms with Gasteiger partial charge in [-0.2, -0.15) is 0 Å². The van der Waals surface area contributed by atoms with Crippen LogP contribution in [0.2, 0.25) is 0 Å². The third-order valence-electron chi connectivity index (χ3n) is 5.67. The van der Waals surface area contributed by atoms with Crippen LogP contribution in [0.3, 0.4) is 0 Å². The van der Waals surface area contributed by atoms with Crippen molar-refractivity contribution in [2.75, 3.05) is 35.5 Å². The second-order valence-electron chi connectivity index (χ2n) is 8.97. The lowest BCUT2D eigenvalue weighted by atomic mass is 10.1. The molecule has 0 aliphatic carbocycles. The second-order valence-corrected chi connectivity index (χ2v) is 9.35. The first-order chi connectivity index (χ1) is 20.1. The Morgan fingerprint density at radius 3 is 1.62 bits per heavy atom. The molecule has 0 saturated carbocycles. The molecule has 3 aromatic rings. The predicted molar refractivity (Wildman–Crippen MR) is 165 cm³/mol. The van der Waals surface area contributed by atoms with Crippen LogP contribution >= 0.6 is 11.6 Å². The Kier molecular flexibility index (Phi) is 11.3. The lowest BCUT2D eigenvalue weighted by molar-refractivity contribution is -0.116. The van der Waals surface area contributed by atoms with Crippen LogP contribution in [0.1, 0.15) is 25.8 Å². The van der Waals surface area contributed by atoms with Gasteiger partial charge in [-0.25, -0.2) is 0 Å². The van der Waals surface area contributed by atoms with Gasteiger partial charge in [-0.15, -0.1) is 0 Å². The molecule has 0 bridgehead atoms. The summed E-state index contributed by atoms with van der Waals surface area (Å²) in [5.74, 6) is -0.288. The molecule has 42 heavy (non-hydrogen) atoms. The van der Waals surface area contributed by atoms with Crippen LogP contribution in [-0.2, 0) is 19.2 Å². The molecule has 10 nitrogen and oxygen atoms in total. The van der Waals surface area contributed by atoms with Crippen molar-refractivity contribution in [1.29, 1.82) is 0 Å². The largest absolute Gasteiger partial charge is 0.493 e. The molecule has 11 heteroatoms. The van der Waals surface area contributed by atoms with Gasteiger partial charge in [0.1, 0.15) is 0 Å². The molecule has 0 atom stereocenters. The van der Waals surface area contributed by atoms with Gasteiger partial charge in [0.15, 0.2) is 11.5 Å². The number of hydrogen-bond acceptors (Lipinski definition) is 6. The summed E-state index contributed by atoms with van der Waals surface area (Å²) in [4.78, 5) is 48.2. The molecule has 0 aliphatic heterocycles. The average molecular weight is 591 g/mol. The van der Waals surface area contributed by atoms with Gasteiger partial charge in [0.25, 0.3) is 0 Å². The first-order valence-electron chi connectivity index (χ1n) is 12.7. The van der Waals surface area contributed by atoms with Crippen LogP contribution in [0.4, 0.5) is 22.7 Å². The Morgan fingerprint density at radius 2 is 1.14 bits per heavy atom. The fourth-order valence-electron chi connectivity index (χ4n) is 3.79. The minimum atomic E-state index is -0.453. The number of carbonyl (C=O) groups excluding carboxylic acids is 4. The summed E-state index contributed by atoms with van der Waals surface area (Å²) in [5.41, 5.74) is 3.13. The zero-order chi connectivity index (χ0) is 30.6. The summed E-state index contributed by atoms with van der Waals surface area (Å²) in [7, 11) is 3.01. The van der Waals surface area contributed by atoms with Gasteiger partial charge in [0.05, 0.1) is 25.7 Å². The third-order valence-corrected chi connectivity index (χ3v) is 6.13. The predicted octanol–water partition coefficient (Wildman–Crippen LogP) is 5.79. The molecule has 0 aromatic heterocycles. The van der Waals surface area contributed by atoms with Gasteiger partial charge in [-0.3, -0.25) is 19.2 Å². The molecular weight excluding hydrogens is 560 g/mol. The van der Waals surface area contributed by atoms with Crippen molar-refractivity contribution in [3.05, 3.63) is 90.0 Å². The van der Waals surface area contributed by atoms with E-state index in [0.29, 0.717) is 45.4 Å². The Balaban J connectivity index is 1.83. The third kappa shape index (κ3) is 9.53. The number of nitrogens with one attached hydrogen (secondary N) is 4. The number of amides is 4. The highest BCUT2D eigenvalue weighted by molar-refractivity contribution is 6.49. The maximum absolute atomic E-state index is 13.0. The number of carbonyl (C=O) groups is 4. The van der Waals surface area contributed by atoms with Gasteiger partial charge < -0.3 is 30.7 Å². The average Bonchev–Trinajstić information content (AvgIpc) is 2.96. The Hall–Kier alpha value is -5.09. The monoisotopic (exact) mass is 590 g/mol. The van der Waals surface area contributed by atoms with E-state index in [2.05, 4.69) is 21.3 Å². The number of methoxy groups -OCH3 is 2. The van der Waals surface area contributed by atoms with E-state index in [1.54, 1.807) is 66.7 Å². The first kappa shape index (κ1) is 31.4. The van der Waals surface area contributed by atoms with Gasteiger partial charge in [-0.1, -0.05) is 17.7 Å². The molecule has 3 aromatic carbocycles. The maximum Gasteiger partial charge on any atom is 0.248 e. The second kappa shape index (κ2) is 15.1. The molecule has 0 spiro atoms. The SMILES string of the molecule is COc1ccc(/C(Cl)=C(\C=C\C(=O)Nc2ccc(NC(C)=O)cc2)CC(=O)Nc2ccc(NC(C)=O)cc2)cc1OC. The normalized spacial score (nSPS) is 11.3. The van der Waals surface area contributed by atoms with Crippen LogP contribution in [0.5, 0.6) is 11.5 Å². The van der Waals surface area contributed by atoms with Gasteiger partial charge in [0, 0.05) is 42.7 Å². The van der Waals surface area contributed by atoms with Crippen molar-refractivity contribution in [3.63, 3.8) is 0 Å². The van der Waals surface area contributed by atoms with E-state index >= 15 is 0 Å². The standard InChI is InChI=1S/C31H31ClN4O6/c1-19(37)33-23-7-11-25(12-8-23)35-29(39)16-6-22(31(32)21-5-15-27(41-3)28(17-21)42-4)18-30(40)36-26-13-9-24(10-14-26)34-20(2)38/h5-17H,18H2,1-4H3,(H,33,37)(H,34,38)(H,35,39)(H,36,40)/b16-6+,31-22-. The number of ether oxygens (including phenoxy) is 2. The zero-order valence-electron chi connectivity index (χ0n) is 23.5. The van der Waals surface area contributed by atoms with Gasteiger partial charge >= 0.3 is 0 Å². The molecule has 0 saturated heterocycles. The van der Waals surface area contributed by atoms with E-state index in [-0.39, 0.29) is 29.2 Å². The molecule has 0 fully saturated rings. The molecular formula is C31H31ClN4O6. The van der Waals surface area contributed by atoms with E-state index in [1.807, 2.05) is 0 Å². The van der Waals surface area contributed by atoms with Crippen molar-refractivity contribution >= 4 is 63.0 Å². The molecule has 0 aliphatic rings. The van der Waals surface area contributed by atoms with E-state index in [1.165, 1.54) is 40.2 Å². The van der Waals surface area contributed by atoms with Gasteiger partial charge in [0.2, 0.25) is 23.6 Å². The van der Waals surface area contributed by atoms with E-state index < -0.39 is 5.91 Å². The first-order valence-corrected chi connectivity index (χ1v) is 13.1. The Bertz CT molecular complexity index is 1520. The topological polar surface area (TPSA) is 135 Å². The molecule has 218 valence electrons. The van der Waals surface area contributed by atoms with Crippen molar-refractivity contribution in [2.24, 2.45) is 0 Å². The summed E-state index contributed by atoms with van der Waals surface area (Å²) in [5, 5.41) is 11.1. The fraction of sp³-hybridized carbons (Fsp3) is 0.161. The Labute approximate surface area is 248 Å². The maximum atomic E-state index is 13.0. The number of rotatable bonds is 11. The summed E-state index contributed by atoms with van der Waals surface area (Å²) in [6.07, 6.45) is 2.59. The minimum Gasteiger partial charge on any atom is -0.493 e. The summed E-state index contributed by atoms with van der Waals surface area (Å²) in [6.45, 7) is 2.81. The number of anilines is 4. The lowest BCUT2D eigenvalue weighted by Gasteiger charge is -2.12. The molecule has 0 radical (unpaired) electrons. The number of hydrogen-bond donors (Lipinski definition) is 4. The van der Waals surface area contributed by atoms with E-state index in [0.717, 1.165) is 0 Å². The highest BCUT2D eigenvalue weighted by Gasteiger charge is 2.14. The van der Waals surface area contributed by atoms with Crippen molar-refractivity contribution in [2.45, 2.75) is 20.3 Å². The summed E-state index contributed by atoms with van der Waals surface area (Å²) in [6, 6.07) is 18.3. The number of halogens is 1. The summed E-state index contributed by atoms with van der Waals surface area (Å²) >= 11 is 6.76. The molecule has 4 amide bonds. The highest BCUT2D eigenvalue weighted by atomic mass is 35.5. The summed E-state index contributed by atoms with van der Waals surface area (Å²) < 4.78 is 10.7. The van der Waals surface area contributed by atoms with Crippen LogP contribution in [0.15, 0.2) is 84.5 Å². The van der Waals surface area contributed by atoms with Crippen LogP contribution in [0, 0.1) is 0 Å². The Morgan fingerprint density at radius 1 is 0.667 bits per heavy atom. The van der Waals surface area contributed by atoms with Crippen molar-refractivity contribution in [3.8, 4) is 11.5 Å². The van der Waals surface area contributed by atoms with E-state index in [4.69, 9.17) is 21.1 Å². The number of allylic oxidation sites excluding steroid dienone is 1. The highest BCUT2D eigenvalue weighted by Crippen LogP contribution is 2.34. The van der Waals surface area contributed by atoms with Crippen molar-refractivity contribution in [1.82, 2.24) is 0 Å². The quantitative estimate of drug-likeness (QED) is 0.165. The molecule has 4 N–H and O–H groups in total. The smallest absolute Gasteiger partial charge is 0.248 e. The fourth-order valence-corrected chi connectivity index (χ4v) is 4.03. The van der Waals surface area contributed by atoms with Crippen LogP contribution in [-0.4, -0.2) is 37.8 Å². The molecule has 3 rings (SSSR count). The van der Waals surface area contributed by atoms with Crippen LogP contribution in [0.25, 0.3) is 5.03 Å². The lowest BCUT2D eigenvalue weighted by Crippen LogP contribution is -2.13. The van der Waals surface area contributed by atoms with E-state index in [9.17, 15) is 19.2 Å². The van der Waals surface area contributed by atoms with Crippen molar-refractivity contribution < 1.29 is 28.7 Å². The van der Waals surface area contributed by atoms with Crippen LogP contribution < -0.4 is 30.7 Å². The number of benzene rings is 3.